The van der Waals surface area contributed by atoms with Crippen LogP contribution in [0.25, 0.3) is 22.1 Å². The highest BCUT2D eigenvalue weighted by atomic mass is 35.5. The number of methoxy groups -OCH3 is 1. The van der Waals surface area contributed by atoms with Crippen molar-refractivity contribution in [1.29, 1.82) is 0 Å². The minimum Gasteiger partial charge on any atom is -0.495 e. The largest absolute Gasteiger partial charge is 0.495 e. The van der Waals surface area contributed by atoms with Gasteiger partial charge >= 0.3 is 0 Å². The number of hydrogen-bond donors (Lipinski definition) is 1. The Balaban J connectivity index is 1.64. The van der Waals surface area contributed by atoms with Gasteiger partial charge in [0.1, 0.15) is 23.4 Å². The Morgan fingerprint density at radius 2 is 2.11 bits per heavy atom. The van der Waals surface area contributed by atoms with E-state index < -0.39 is 11.5 Å². The number of furan rings is 1. The number of aryl methyl sites for hydroxylation is 1. The van der Waals surface area contributed by atoms with E-state index in [4.69, 9.17) is 20.8 Å². The highest BCUT2D eigenvalue weighted by molar-refractivity contribution is 6.31. The van der Waals surface area contributed by atoms with Crippen molar-refractivity contribution in [2.24, 2.45) is 0 Å². The summed E-state index contributed by atoms with van der Waals surface area (Å²) in [5.41, 5.74) is 2.02. The number of hydrogen-bond acceptors (Lipinski definition) is 5. The lowest BCUT2D eigenvalue weighted by Crippen LogP contribution is -2.27. The molecule has 0 fully saturated rings. The molecule has 1 N–H and O–H groups in total. The van der Waals surface area contributed by atoms with Crippen LogP contribution in [0.2, 0.25) is 5.02 Å². The first-order chi connectivity index (χ1) is 13.5. The lowest BCUT2D eigenvalue weighted by atomic mass is 10.2. The number of amides is 1. The van der Waals surface area contributed by atoms with Crippen LogP contribution >= 0.6 is 11.6 Å². The Morgan fingerprint density at radius 3 is 2.89 bits per heavy atom. The first-order valence-electron chi connectivity index (χ1n) is 8.48. The number of carbonyl (C=O) groups excluding carboxylic acids is 1. The number of nitrogens with one attached hydrogen (secondary N) is 1. The van der Waals surface area contributed by atoms with Gasteiger partial charge in [0.15, 0.2) is 0 Å². The Labute approximate surface area is 164 Å². The molecule has 0 radical (unpaired) electrons. The van der Waals surface area contributed by atoms with Crippen LogP contribution in [-0.4, -0.2) is 22.6 Å². The minimum atomic E-state index is -0.421. The second kappa shape index (κ2) is 7.01. The monoisotopic (exact) mass is 397 g/mol. The third kappa shape index (κ3) is 3.10. The predicted molar refractivity (Wildman–Crippen MR) is 107 cm³/mol. The molecule has 2 aromatic heterocycles. The van der Waals surface area contributed by atoms with E-state index >= 15 is 0 Å². The van der Waals surface area contributed by atoms with Crippen LogP contribution in [0.1, 0.15) is 5.56 Å². The van der Waals surface area contributed by atoms with Gasteiger partial charge in [-0.2, -0.15) is 0 Å². The summed E-state index contributed by atoms with van der Waals surface area (Å²) in [6.45, 7) is 1.60. The Morgan fingerprint density at radius 1 is 1.32 bits per heavy atom. The summed E-state index contributed by atoms with van der Waals surface area (Å²) in [7, 11) is 1.49. The maximum Gasteiger partial charge on any atom is 0.297 e. The van der Waals surface area contributed by atoms with Crippen LogP contribution in [0.3, 0.4) is 0 Å². The molecule has 2 aromatic carbocycles. The number of anilines is 1. The number of fused-ring (bicyclic) bond motifs is 3. The number of halogens is 1. The lowest BCUT2D eigenvalue weighted by Gasteiger charge is -2.12. The van der Waals surface area contributed by atoms with Gasteiger partial charge in [0, 0.05) is 16.5 Å². The first-order valence-corrected chi connectivity index (χ1v) is 8.86. The van der Waals surface area contributed by atoms with E-state index in [1.165, 1.54) is 18.0 Å². The average molecular weight is 398 g/mol. The quantitative estimate of drug-likeness (QED) is 0.566. The standard InChI is InChI=1S/C20H16ClN3O4/c1-11-7-14(16(27-2)8-13(11)21)23-17(25)9-24-10-22-18-12-5-3-4-6-15(12)28-19(18)20(24)26/h3-8,10H,9H2,1-2H3,(H,23,25). The van der Waals surface area contributed by atoms with Gasteiger partial charge in [0.05, 0.1) is 19.1 Å². The summed E-state index contributed by atoms with van der Waals surface area (Å²) < 4.78 is 12.1. The number of rotatable bonds is 4. The average Bonchev–Trinajstić information content (AvgIpc) is 3.06. The molecule has 0 aliphatic rings. The molecular formula is C20H16ClN3O4. The van der Waals surface area contributed by atoms with Crippen molar-refractivity contribution in [2.45, 2.75) is 13.5 Å². The zero-order valence-electron chi connectivity index (χ0n) is 15.2. The molecule has 8 heteroatoms. The molecule has 0 bridgehead atoms. The fraction of sp³-hybridized carbons (Fsp3) is 0.150. The number of carbonyl (C=O) groups is 1. The Hall–Kier alpha value is -3.32. The molecular weight excluding hydrogens is 382 g/mol. The molecule has 1 amide bonds. The first kappa shape index (κ1) is 18.1. The number of nitrogens with zero attached hydrogens (tertiary/aromatic N) is 2. The van der Waals surface area contributed by atoms with Crippen LogP contribution < -0.4 is 15.6 Å². The molecule has 2 heterocycles. The zero-order valence-corrected chi connectivity index (χ0v) is 15.9. The number of benzene rings is 2. The molecule has 0 saturated carbocycles. The highest BCUT2D eigenvalue weighted by Crippen LogP contribution is 2.31. The molecule has 142 valence electrons. The SMILES string of the molecule is COc1cc(Cl)c(C)cc1NC(=O)Cn1cnc2c(oc3ccccc32)c1=O. The van der Waals surface area contributed by atoms with E-state index in [2.05, 4.69) is 10.3 Å². The van der Waals surface area contributed by atoms with Gasteiger partial charge in [0.25, 0.3) is 5.56 Å². The molecule has 4 rings (SSSR count). The van der Waals surface area contributed by atoms with E-state index in [0.717, 1.165) is 10.9 Å². The lowest BCUT2D eigenvalue weighted by molar-refractivity contribution is -0.116. The van der Waals surface area contributed by atoms with E-state index in [1.54, 1.807) is 18.2 Å². The fourth-order valence-electron chi connectivity index (χ4n) is 3.00. The fourth-order valence-corrected chi connectivity index (χ4v) is 3.16. The third-order valence-corrected chi connectivity index (χ3v) is 4.83. The molecule has 0 spiro atoms. The molecule has 28 heavy (non-hydrogen) atoms. The number of aromatic nitrogens is 2. The van der Waals surface area contributed by atoms with Gasteiger partial charge in [-0.1, -0.05) is 23.7 Å². The maximum atomic E-state index is 12.7. The maximum absolute atomic E-state index is 12.7. The molecule has 0 aliphatic carbocycles. The van der Waals surface area contributed by atoms with E-state index in [9.17, 15) is 9.59 Å². The Bertz CT molecular complexity index is 1280. The normalized spacial score (nSPS) is 11.1. The molecule has 4 aromatic rings. The summed E-state index contributed by atoms with van der Waals surface area (Å²) in [6.07, 6.45) is 1.34. The zero-order chi connectivity index (χ0) is 19.8. The smallest absolute Gasteiger partial charge is 0.297 e. The Kier molecular flexibility index (Phi) is 4.52. The second-order valence-electron chi connectivity index (χ2n) is 6.30. The van der Waals surface area contributed by atoms with E-state index in [1.807, 2.05) is 25.1 Å². The van der Waals surface area contributed by atoms with Crippen LogP contribution in [0, 0.1) is 6.92 Å². The van der Waals surface area contributed by atoms with Crippen molar-refractivity contribution in [3.05, 3.63) is 63.7 Å². The van der Waals surface area contributed by atoms with Crippen LogP contribution in [0.5, 0.6) is 5.75 Å². The minimum absolute atomic E-state index is 0.122. The van der Waals surface area contributed by atoms with Gasteiger partial charge in [0.2, 0.25) is 11.5 Å². The van der Waals surface area contributed by atoms with Crippen molar-refractivity contribution in [1.82, 2.24) is 9.55 Å². The number of ether oxygens (including phenoxy) is 1. The molecule has 7 nitrogen and oxygen atoms in total. The summed E-state index contributed by atoms with van der Waals surface area (Å²) in [6, 6.07) is 10.6. The second-order valence-corrected chi connectivity index (χ2v) is 6.71. The molecule has 0 saturated heterocycles. The highest BCUT2D eigenvalue weighted by Gasteiger charge is 2.16. The van der Waals surface area contributed by atoms with Crippen LogP contribution in [0.4, 0.5) is 5.69 Å². The number of para-hydroxylation sites is 1. The van der Waals surface area contributed by atoms with Gasteiger partial charge < -0.3 is 14.5 Å². The van der Waals surface area contributed by atoms with Crippen molar-refractivity contribution in [3.8, 4) is 5.75 Å². The molecule has 0 aliphatic heterocycles. The molecule has 0 unspecified atom stereocenters. The topological polar surface area (TPSA) is 86.4 Å². The van der Waals surface area contributed by atoms with E-state index in [0.29, 0.717) is 27.6 Å². The van der Waals surface area contributed by atoms with Crippen molar-refractivity contribution in [3.63, 3.8) is 0 Å². The van der Waals surface area contributed by atoms with Gasteiger partial charge in [-0.15, -0.1) is 0 Å². The van der Waals surface area contributed by atoms with Crippen LogP contribution in [0.15, 0.2) is 51.9 Å². The van der Waals surface area contributed by atoms with Gasteiger partial charge in [-0.25, -0.2) is 4.98 Å². The van der Waals surface area contributed by atoms with Gasteiger partial charge in [-0.3, -0.25) is 14.2 Å². The third-order valence-electron chi connectivity index (χ3n) is 4.42. The molecule has 0 atom stereocenters. The summed E-state index contributed by atoms with van der Waals surface area (Å²) in [5, 5.41) is 4.03. The summed E-state index contributed by atoms with van der Waals surface area (Å²) in [4.78, 5) is 29.5. The summed E-state index contributed by atoms with van der Waals surface area (Å²) >= 11 is 6.08. The predicted octanol–water partition coefficient (Wildman–Crippen LogP) is 3.75. The van der Waals surface area contributed by atoms with Crippen molar-refractivity contribution < 1.29 is 13.9 Å². The van der Waals surface area contributed by atoms with Crippen LogP contribution in [-0.2, 0) is 11.3 Å². The van der Waals surface area contributed by atoms with E-state index in [-0.39, 0.29) is 12.1 Å². The van der Waals surface area contributed by atoms with Crippen molar-refractivity contribution in [2.75, 3.05) is 12.4 Å². The van der Waals surface area contributed by atoms with Gasteiger partial charge in [-0.05, 0) is 30.7 Å². The summed E-state index contributed by atoms with van der Waals surface area (Å²) in [5.74, 6) is 0.0292. The van der Waals surface area contributed by atoms with Crippen molar-refractivity contribution >= 4 is 45.3 Å².